The van der Waals surface area contributed by atoms with E-state index < -0.39 is 0 Å². The lowest BCUT2D eigenvalue weighted by Gasteiger charge is -2.07. The minimum absolute atomic E-state index is 0.616. The molecular weight excluding hydrogens is 160 g/mol. The average Bonchev–Trinajstić information content (AvgIpc) is 2.60. The highest BCUT2D eigenvalue weighted by Crippen LogP contribution is 2.21. The SMILES string of the molecule is C1CCC(Nc2nnns2)C1. The molecule has 0 spiro atoms. The van der Waals surface area contributed by atoms with Crippen LogP contribution in [0, 0.1) is 0 Å². The Labute approximate surface area is 69.2 Å². The van der Waals surface area contributed by atoms with Crippen LogP contribution in [0.2, 0.25) is 0 Å². The first-order chi connectivity index (χ1) is 5.45. The minimum Gasteiger partial charge on any atom is -0.356 e. The van der Waals surface area contributed by atoms with Gasteiger partial charge in [0, 0.05) is 17.6 Å². The van der Waals surface area contributed by atoms with E-state index in [0.717, 1.165) is 5.13 Å². The van der Waals surface area contributed by atoms with Gasteiger partial charge in [0.05, 0.1) is 0 Å². The Morgan fingerprint density at radius 1 is 1.36 bits per heavy atom. The van der Waals surface area contributed by atoms with Crippen LogP contribution >= 0.6 is 11.5 Å². The Kier molecular flexibility index (Phi) is 1.98. The Morgan fingerprint density at radius 3 is 2.82 bits per heavy atom. The van der Waals surface area contributed by atoms with Crippen molar-refractivity contribution in [2.24, 2.45) is 0 Å². The summed E-state index contributed by atoms with van der Waals surface area (Å²) in [5.41, 5.74) is 0. The maximum Gasteiger partial charge on any atom is 0.225 e. The van der Waals surface area contributed by atoms with Crippen molar-refractivity contribution in [3.8, 4) is 0 Å². The van der Waals surface area contributed by atoms with Crippen LogP contribution in [0.5, 0.6) is 0 Å². The van der Waals surface area contributed by atoms with Crippen molar-refractivity contribution >= 4 is 16.7 Å². The van der Waals surface area contributed by atoms with Gasteiger partial charge in [-0.3, -0.25) is 0 Å². The van der Waals surface area contributed by atoms with Crippen LogP contribution in [0.4, 0.5) is 5.13 Å². The van der Waals surface area contributed by atoms with Gasteiger partial charge >= 0.3 is 0 Å². The summed E-state index contributed by atoms with van der Waals surface area (Å²) in [7, 11) is 0. The van der Waals surface area contributed by atoms with Crippen molar-refractivity contribution in [3.63, 3.8) is 0 Å². The zero-order valence-corrected chi connectivity index (χ0v) is 6.97. The van der Waals surface area contributed by atoms with Crippen molar-refractivity contribution in [2.75, 3.05) is 5.32 Å². The molecule has 5 heteroatoms. The van der Waals surface area contributed by atoms with Crippen LogP contribution in [-0.4, -0.2) is 20.8 Å². The van der Waals surface area contributed by atoms with Crippen LogP contribution in [0.1, 0.15) is 25.7 Å². The third-order valence-electron chi connectivity index (χ3n) is 1.98. The van der Waals surface area contributed by atoms with E-state index in [4.69, 9.17) is 0 Å². The van der Waals surface area contributed by atoms with Gasteiger partial charge in [-0.25, -0.2) is 0 Å². The molecule has 1 saturated carbocycles. The van der Waals surface area contributed by atoms with E-state index in [1.165, 1.54) is 37.2 Å². The number of nitrogens with zero attached hydrogens (tertiary/aromatic N) is 3. The van der Waals surface area contributed by atoms with Gasteiger partial charge in [0.2, 0.25) is 5.13 Å². The fourth-order valence-corrected chi connectivity index (χ4v) is 1.88. The third-order valence-corrected chi connectivity index (χ3v) is 2.51. The van der Waals surface area contributed by atoms with Gasteiger partial charge in [-0.1, -0.05) is 22.4 Å². The maximum absolute atomic E-state index is 3.83. The lowest BCUT2D eigenvalue weighted by molar-refractivity contribution is 0.750. The average molecular weight is 170 g/mol. The minimum atomic E-state index is 0.616. The summed E-state index contributed by atoms with van der Waals surface area (Å²) in [5, 5.41) is 11.5. The number of hydrogen-bond donors (Lipinski definition) is 1. The molecule has 0 bridgehead atoms. The molecule has 11 heavy (non-hydrogen) atoms. The van der Waals surface area contributed by atoms with E-state index in [2.05, 4.69) is 20.1 Å². The molecule has 1 N–H and O–H groups in total. The standard InChI is InChI=1S/C6H10N4S/c1-2-4-5(3-1)7-6-8-9-10-11-6/h5H,1-4H2,(H,7,8,10). The Hall–Kier alpha value is -0.710. The molecule has 0 unspecified atom stereocenters. The third kappa shape index (κ3) is 1.65. The molecule has 0 atom stereocenters. The van der Waals surface area contributed by atoms with Gasteiger partial charge in [-0.15, -0.1) is 0 Å². The molecule has 1 aromatic heterocycles. The first-order valence-corrected chi connectivity index (χ1v) is 4.64. The van der Waals surface area contributed by atoms with Crippen molar-refractivity contribution in [3.05, 3.63) is 0 Å². The maximum atomic E-state index is 3.83. The predicted octanol–water partition coefficient (Wildman–Crippen LogP) is 1.29. The van der Waals surface area contributed by atoms with E-state index in [1.807, 2.05) is 0 Å². The van der Waals surface area contributed by atoms with Crippen molar-refractivity contribution in [1.82, 2.24) is 14.8 Å². The number of aromatic nitrogens is 3. The van der Waals surface area contributed by atoms with Crippen LogP contribution in [-0.2, 0) is 0 Å². The summed E-state index contributed by atoms with van der Waals surface area (Å²) < 4.78 is 3.68. The summed E-state index contributed by atoms with van der Waals surface area (Å²) in [4.78, 5) is 0. The molecule has 60 valence electrons. The van der Waals surface area contributed by atoms with E-state index in [1.54, 1.807) is 0 Å². The van der Waals surface area contributed by atoms with Crippen molar-refractivity contribution in [1.29, 1.82) is 0 Å². The molecule has 1 heterocycles. The lowest BCUT2D eigenvalue weighted by Crippen LogP contribution is -2.13. The molecule has 0 aromatic carbocycles. The number of anilines is 1. The summed E-state index contributed by atoms with van der Waals surface area (Å²) >= 11 is 1.33. The zero-order valence-electron chi connectivity index (χ0n) is 6.16. The highest BCUT2D eigenvalue weighted by atomic mass is 32.1. The van der Waals surface area contributed by atoms with Gasteiger partial charge in [-0.2, -0.15) is 0 Å². The van der Waals surface area contributed by atoms with E-state index in [-0.39, 0.29) is 0 Å². The van der Waals surface area contributed by atoms with Crippen LogP contribution in [0.25, 0.3) is 0 Å². The second-order valence-corrected chi connectivity index (χ2v) is 3.53. The number of nitrogens with one attached hydrogen (secondary N) is 1. The molecule has 1 aliphatic rings. The molecule has 1 fully saturated rings. The first kappa shape index (κ1) is 6.97. The monoisotopic (exact) mass is 170 g/mol. The summed E-state index contributed by atoms with van der Waals surface area (Å²) in [6.07, 6.45) is 5.20. The van der Waals surface area contributed by atoms with E-state index in [9.17, 15) is 0 Å². The Balaban J connectivity index is 1.90. The first-order valence-electron chi connectivity index (χ1n) is 3.87. The highest BCUT2D eigenvalue weighted by molar-refractivity contribution is 7.09. The molecule has 1 aliphatic carbocycles. The largest absolute Gasteiger partial charge is 0.356 e. The second kappa shape index (κ2) is 3.13. The number of rotatable bonds is 2. The lowest BCUT2D eigenvalue weighted by atomic mass is 10.3. The number of hydrogen-bond acceptors (Lipinski definition) is 5. The topological polar surface area (TPSA) is 50.7 Å². The van der Waals surface area contributed by atoms with E-state index >= 15 is 0 Å². The summed E-state index contributed by atoms with van der Waals surface area (Å²) in [6.45, 7) is 0. The molecule has 2 rings (SSSR count). The fraction of sp³-hybridized carbons (Fsp3) is 0.833. The van der Waals surface area contributed by atoms with Crippen molar-refractivity contribution < 1.29 is 0 Å². The Morgan fingerprint density at radius 2 is 2.18 bits per heavy atom. The van der Waals surface area contributed by atoms with Gasteiger partial charge in [0.15, 0.2) is 0 Å². The van der Waals surface area contributed by atoms with Crippen molar-refractivity contribution in [2.45, 2.75) is 31.7 Å². The van der Waals surface area contributed by atoms with Gasteiger partial charge in [0.1, 0.15) is 0 Å². The fourth-order valence-electron chi connectivity index (χ4n) is 1.43. The second-order valence-electron chi connectivity index (χ2n) is 2.79. The van der Waals surface area contributed by atoms with Gasteiger partial charge in [0.25, 0.3) is 0 Å². The van der Waals surface area contributed by atoms with Crippen LogP contribution in [0.15, 0.2) is 0 Å². The highest BCUT2D eigenvalue weighted by Gasteiger charge is 2.15. The van der Waals surface area contributed by atoms with Gasteiger partial charge in [-0.05, 0) is 18.1 Å². The van der Waals surface area contributed by atoms with Gasteiger partial charge < -0.3 is 5.32 Å². The normalized spacial score (nSPS) is 18.9. The molecule has 0 amide bonds. The molecular formula is C6H10N4S. The molecule has 0 aliphatic heterocycles. The predicted molar refractivity (Wildman–Crippen MR) is 43.6 cm³/mol. The van der Waals surface area contributed by atoms with E-state index in [0.29, 0.717) is 6.04 Å². The quantitative estimate of drug-likeness (QED) is 0.726. The zero-order chi connectivity index (χ0) is 7.52. The summed E-state index contributed by atoms with van der Waals surface area (Å²) in [5.74, 6) is 0. The van der Waals surface area contributed by atoms with Crippen LogP contribution in [0.3, 0.4) is 0 Å². The molecule has 4 nitrogen and oxygen atoms in total. The molecule has 1 aromatic rings. The van der Waals surface area contributed by atoms with Crippen LogP contribution < -0.4 is 5.32 Å². The molecule has 0 saturated heterocycles. The smallest absolute Gasteiger partial charge is 0.225 e. The summed E-state index contributed by atoms with van der Waals surface area (Å²) in [6, 6.07) is 0.616. The molecule has 0 radical (unpaired) electrons. The Bertz CT molecular complexity index is 204.